The normalized spacial score (nSPS) is 32.0. The molecule has 1 aromatic carbocycles. The summed E-state index contributed by atoms with van der Waals surface area (Å²) in [5.41, 5.74) is 7.13. The van der Waals surface area contributed by atoms with Crippen LogP contribution in [0.4, 0.5) is 0 Å². The molecule has 1 unspecified atom stereocenters. The third kappa shape index (κ3) is 4.60. The summed E-state index contributed by atoms with van der Waals surface area (Å²) in [6.07, 6.45) is 7.93. The number of carbonyl (C=O) groups is 1. The second-order valence-electron chi connectivity index (χ2n) is 8.71. The van der Waals surface area contributed by atoms with E-state index in [2.05, 4.69) is 28.3 Å². The Balaban J connectivity index is 1.21. The fourth-order valence-electron chi connectivity index (χ4n) is 5.63. The summed E-state index contributed by atoms with van der Waals surface area (Å²) < 4.78 is 0. The summed E-state index contributed by atoms with van der Waals surface area (Å²) >= 11 is 7.12. The number of amides is 1. The number of rotatable bonds is 5. The molecule has 1 atom stereocenters. The third-order valence-corrected chi connectivity index (χ3v) is 7.85. The molecule has 4 saturated carbocycles. The first kappa shape index (κ1) is 19.1. The van der Waals surface area contributed by atoms with Crippen LogP contribution in [-0.2, 0) is 10.5 Å². The fourth-order valence-corrected chi connectivity index (χ4v) is 6.74. The Hall–Kier alpha value is -1.27. The van der Waals surface area contributed by atoms with Gasteiger partial charge < -0.3 is 5.32 Å². The second kappa shape index (κ2) is 8.00. The lowest BCUT2D eigenvalue weighted by atomic mass is 9.53. The van der Waals surface area contributed by atoms with E-state index in [1.54, 1.807) is 11.8 Å². The topological polar surface area (TPSA) is 53.2 Å². The van der Waals surface area contributed by atoms with Gasteiger partial charge in [0.2, 0.25) is 0 Å². The molecule has 0 saturated heterocycles. The molecular formula is C21H29N3OS2. The largest absolute Gasteiger partial charge is 0.356 e. The molecule has 4 nitrogen and oxygen atoms in total. The van der Waals surface area contributed by atoms with Gasteiger partial charge in [-0.2, -0.15) is 0 Å². The molecule has 3 N–H and O–H groups in total. The average molecular weight is 404 g/mol. The van der Waals surface area contributed by atoms with Crippen molar-refractivity contribution >= 4 is 35.0 Å². The molecule has 0 aromatic heterocycles. The highest BCUT2D eigenvalue weighted by Gasteiger charge is 2.51. The molecule has 1 aromatic rings. The van der Waals surface area contributed by atoms with Gasteiger partial charge >= 0.3 is 0 Å². The summed E-state index contributed by atoms with van der Waals surface area (Å²) in [7, 11) is 0. The van der Waals surface area contributed by atoms with Gasteiger partial charge in [-0.15, -0.1) is 11.8 Å². The minimum Gasteiger partial charge on any atom is -0.356 e. The monoisotopic (exact) mass is 403 g/mol. The Labute approximate surface area is 171 Å². The smallest absolute Gasteiger partial charge is 0.251 e. The van der Waals surface area contributed by atoms with Crippen LogP contribution in [0.25, 0.3) is 0 Å². The van der Waals surface area contributed by atoms with Crippen molar-refractivity contribution in [1.82, 2.24) is 16.2 Å². The number of carbonyl (C=O) groups excluding carboxylic acids is 1. The van der Waals surface area contributed by atoms with Crippen LogP contribution in [0.3, 0.4) is 0 Å². The van der Waals surface area contributed by atoms with Crippen LogP contribution < -0.4 is 16.2 Å². The van der Waals surface area contributed by atoms with E-state index >= 15 is 0 Å². The molecular weight excluding hydrogens is 374 g/mol. The van der Waals surface area contributed by atoms with Crippen LogP contribution in [-0.4, -0.2) is 21.8 Å². The van der Waals surface area contributed by atoms with Crippen LogP contribution in [0.2, 0.25) is 0 Å². The van der Waals surface area contributed by atoms with E-state index in [0.29, 0.717) is 5.11 Å². The maximum absolute atomic E-state index is 12.4. The van der Waals surface area contributed by atoms with Gasteiger partial charge in [0.15, 0.2) is 5.11 Å². The molecule has 6 heteroatoms. The maximum Gasteiger partial charge on any atom is 0.251 e. The Bertz CT molecular complexity index is 659. The summed E-state index contributed by atoms with van der Waals surface area (Å²) in [5, 5.41) is 4.00. The van der Waals surface area contributed by atoms with Crippen molar-refractivity contribution in [3.05, 3.63) is 35.9 Å². The molecule has 4 aliphatic rings. The number of hydrazine groups is 1. The first-order valence-corrected chi connectivity index (χ1v) is 11.5. The molecule has 0 aliphatic heterocycles. The summed E-state index contributed by atoms with van der Waals surface area (Å²) in [6.45, 7) is 1.93. The number of hydrogen-bond acceptors (Lipinski definition) is 3. The van der Waals surface area contributed by atoms with E-state index in [1.807, 2.05) is 25.1 Å². The molecule has 0 spiro atoms. The highest BCUT2D eigenvalue weighted by Crippen LogP contribution is 2.55. The molecule has 4 fully saturated rings. The van der Waals surface area contributed by atoms with E-state index in [0.717, 1.165) is 23.5 Å². The minimum atomic E-state index is -0.139. The van der Waals surface area contributed by atoms with Gasteiger partial charge in [0, 0.05) is 11.3 Å². The highest BCUT2D eigenvalue weighted by atomic mass is 32.2. The van der Waals surface area contributed by atoms with E-state index in [-0.39, 0.29) is 16.7 Å². The van der Waals surface area contributed by atoms with Crippen molar-refractivity contribution < 1.29 is 4.79 Å². The Morgan fingerprint density at radius 3 is 2.30 bits per heavy atom. The molecule has 0 heterocycles. The average Bonchev–Trinajstić information content (AvgIpc) is 2.63. The minimum absolute atomic E-state index is 0.0365. The lowest BCUT2D eigenvalue weighted by molar-refractivity contribution is -0.120. The van der Waals surface area contributed by atoms with E-state index in [4.69, 9.17) is 12.2 Å². The highest BCUT2D eigenvalue weighted by molar-refractivity contribution is 7.99. The number of benzene rings is 1. The van der Waals surface area contributed by atoms with Crippen molar-refractivity contribution in [3.63, 3.8) is 0 Å². The molecule has 4 bridgehead atoms. The predicted molar refractivity (Wildman–Crippen MR) is 115 cm³/mol. The van der Waals surface area contributed by atoms with Crippen molar-refractivity contribution in [2.75, 3.05) is 0 Å². The van der Waals surface area contributed by atoms with E-state index in [9.17, 15) is 4.79 Å². The van der Waals surface area contributed by atoms with Gasteiger partial charge in [-0.05, 0) is 81.0 Å². The van der Waals surface area contributed by atoms with Crippen molar-refractivity contribution in [2.45, 2.75) is 62.0 Å². The zero-order valence-electron chi connectivity index (χ0n) is 15.9. The molecule has 0 radical (unpaired) electrons. The van der Waals surface area contributed by atoms with Crippen LogP contribution in [0, 0.1) is 17.8 Å². The first-order chi connectivity index (χ1) is 13.0. The Morgan fingerprint density at radius 1 is 1.11 bits per heavy atom. The van der Waals surface area contributed by atoms with Crippen LogP contribution in [0.15, 0.2) is 30.3 Å². The van der Waals surface area contributed by atoms with Crippen LogP contribution >= 0.6 is 24.0 Å². The zero-order valence-corrected chi connectivity index (χ0v) is 17.5. The van der Waals surface area contributed by atoms with Crippen molar-refractivity contribution in [2.24, 2.45) is 17.8 Å². The van der Waals surface area contributed by atoms with Gasteiger partial charge in [0.1, 0.15) is 0 Å². The van der Waals surface area contributed by atoms with E-state index in [1.165, 1.54) is 44.1 Å². The first-order valence-electron chi connectivity index (χ1n) is 10.0. The fraction of sp³-hybridized carbons (Fsp3) is 0.619. The van der Waals surface area contributed by atoms with Gasteiger partial charge in [-0.25, -0.2) is 0 Å². The SMILES string of the molecule is CC(SCc1ccccc1)C(=O)NNC(=S)NC12CC3CC(CC(C3)C1)C2. The lowest BCUT2D eigenvalue weighted by Gasteiger charge is -2.57. The van der Waals surface area contributed by atoms with Gasteiger partial charge in [-0.1, -0.05) is 30.3 Å². The zero-order chi connectivity index (χ0) is 18.9. The molecule has 4 aliphatic carbocycles. The lowest BCUT2D eigenvalue weighted by Crippen LogP contribution is -2.63. The quantitative estimate of drug-likeness (QED) is 0.516. The predicted octanol–water partition coefficient (Wildman–Crippen LogP) is 3.77. The number of thiocarbonyl (C=S) groups is 1. The van der Waals surface area contributed by atoms with E-state index < -0.39 is 0 Å². The van der Waals surface area contributed by atoms with Gasteiger partial charge in [0.05, 0.1) is 5.25 Å². The number of nitrogens with one attached hydrogen (secondary N) is 3. The summed E-state index contributed by atoms with van der Waals surface area (Å²) in [5.74, 6) is 3.40. The summed E-state index contributed by atoms with van der Waals surface area (Å²) in [6, 6.07) is 10.2. The summed E-state index contributed by atoms with van der Waals surface area (Å²) in [4.78, 5) is 12.4. The van der Waals surface area contributed by atoms with Crippen LogP contribution in [0.5, 0.6) is 0 Å². The molecule has 146 valence electrons. The van der Waals surface area contributed by atoms with Crippen molar-refractivity contribution in [3.8, 4) is 0 Å². The third-order valence-electron chi connectivity index (χ3n) is 6.43. The molecule has 5 rings (SSSR count). The van der Waals surface area contributed by atoms with Gasteiger partial charge in [0.25, 0.3) is 5.91 Å². The number of hydrogen-bond donors (Lipinski definition) is 3. The Kier molecular flexibility index (Phi) is 5.65. The molecule has 1 amide bonds. The standard InChI is InChI=1S/C21H29N3OS2/c1-14(27-13-15-5-3-2-4-6-15)19(25)23-24-20(26)22-21-10-16-7-17(11-21)9-18(8-16)12-21/h2-6,14,16-18H,7-13H2,1H3,(H,23,25)(H2,22,24,26). The van der Waals surface area contributed by atoms with Crippen molar-refractivity contribution in [1.29, 1.82) is 0 Å². The number of thioether (sulfide) groups is 1. The Morgan fingerprint density at radius 2 is 1.70 bits per heavy atom. The molecule has 27 heavy (non-hydrogen) atoms. The maximum atomic E-state index is 12.4. The second-order valence-corrected chi connectivity index (χ2v) is 10.4. The van der Waals surface area contributed by atoms with Gasteiger partial charge in [-0.3, -0.25) is 15.6 Å². The van der Waals surface area contributed by atoms with Crippen LogP contribution in [0.1, 0.15) is 51.0 Å².